The van der Waals surface area contributed by atoms with Crippen molar-refractivity contribution < 1.29 is 36.5 Å². The predicted molar refractivity (Wildman–Crippen MR) is 122 cm³/mol. The third kappa shape index (κ3) is 6.46. The Bertz CT molecular complexity index is 1150. The zero-order valence-corrected chi connectivity index (χ0v) is 22.3. The summed E-state index contributed by atoms with van der Waals surface area (Å²) in [7, 11) is 0. The van der Waals surface area contributed by atoms with E-state index in [0.29, 0.717) is 11.5 Å². The van der Waals surface area contributed by atoms with Crippen LogP contribution in [0, 0.1) is 29.4 Å². The van der Waals surface area contributed by atoms with Crippen LogP contribution in [0.15, 0.2) is 65.3 Å². The molecule has 1 aliphatic carbocycles. The molecule has 1 aliphatic rings. The van der Waals surface area contributed by atoms with Gasteiger partial charge in [-0.1, -0.05) is 38.8 Å². The fourth-order valence-corrected chi connectivity index (χ4v) is 3.28. The topological polar surface area (TPSA) is 0 Å². The van der Waals surface area contributed by atoms with Gasteiger partial charge in [0.25, 0.3) is 0 Å². The van der Waals surface area contributed by atoms with Crippen LogP contribution in [0.4, 0.5) is 13.2 Å². The van der Waals surface area contributed by atoms with Crippen LogP contribution >= 0.6 is 0 Å². The second kappa shape index (κ2) is 11.3. The van der Waals surface area contributed by atoms with E-state index >= 15 is 0 Å². The van der Waals surface area contributed by atoms with Gasteiger partial charge in [0.2, 0.25) is 0 Å². The van der Waals surface area contributed by atoms with Crippen molar-refractivity contribution in [3.05, 3.63) is 88.8 Å². The maximum Gasteiger partial charge on any atom is 0.194 e. The normalized spacial score (nSPS) is 15.2. The van der Waals surface area contributed by atoms with Crippen molar-refractivity contribution >= 4 is 16.2 Å². The van der Waals surface area contributed by atoms with Crippen LogP contribution in [-0.4, -0.2) is 5.43 Å². The van der Waals surface area contributed by atoms with Crippen LogP contribution in [0.5, 0.6) is 0 Å². The van der Waals surface area contributed by atoms with Crippen molar-refractivity contribution in [2.45, 2.75) is 40.8 Å². The molecule has 0 amide bonds. The van der Waals surface area contributed by atoms with Crippen LogP contribution in [0.25, 0.3) is 21.9 Å². The fourth-order valence-electron chi connectivity index (χ4n) is 3.28. The molecule has 0 aliphatic heterocycles. The Labute approximate surface area is 198 Å². The number of hydrogen-bond acceptors (Lipinski definition) is 0. The number of benzene rings is 2. The summed E-state index contributed by atoms with van der Waals surface area (Å²) in [5.74, 6) is -3.19. The van der Waals surface area contributed by atoms with Gasteiger partial charge < -0.3 is 0 Å². The first-order valence-electron chi connectivity index (χ1n) is 10.1. The summed E-state index contributed by atoms with van der Waals surface area (Å²) in [5.41, 5.74) is 5.11. The number of rotatable bonds is 1. The molecule has 160 valence electrons. The molecule has 0 aromatic heterocycles. The second-order valence-electron chi connectivity index (χ2n) is 7.86. The van der Waals surface area contributed by atoms with Crippen molar-refractivity contribution in [3.63, 3.8) is 0 Å². The average molecular weight is 516 g/mol. The summed E-state index contributed by atoms with van der Waals surface area (Å²) < 4.78 is 39.9. The van der Waals surface area contributed by atoms with Crippen molar-refractivity contribution in [1.29, 1.82) is 0 Å². The minimum Gasteiger partial charge on any atom is -0.204 e. The van der Waals surface area contributed by atoms with Crippen molar-refractivity contribution in [2.75, 3.05) is 0 Å². The van der Waals surface area contributed by atoms with Crippen molar-refractivity contribution in [2.24, 2.45) is 5.92 Å². The van der Waals surface area contributed by atoms with E-state index < -0.39 is 17.5 Å². The Morgan fingerprint density at radius 2 is 1.55 bits per heavy atom. The summed E-state index contributed by atoms with van der Waals surface area (Å²) in [6.45, 7) is 13.3. The van der Waals surface area contributed by atoms with E-state index in [1.807, 2.05) is 30.3 Å². The van der Waals surface area contributed by atoms with Gasteiger partial charge in [0, 0.05) is 0 Å². The second-order valence-corrected chi connectivity index (χ2v) is 17.2. The van der Waals surface area contributed by atoms with Gasteiger partial charge in [-0.15, -0.1) is 53.6 Å². The SMILES string of the molecule is CC1=[C-]C(C)C(C)=C1C.C[Si](C)=[Zr+2].Fc1ccc(-c2c[cH-]c3ccccc23)c(F)c1F. The van der Waals surface area contributed by atoms with Crippen LogP contribution in [0.2, 0.25) is 13.1 Å². The van der Waals surface area contributed by atoms with E-state index in [1.165, 1.54) is 22.8 Å². The molecule has 0 bridgehead atoms. The summed E-state index contributed by atoms with van der Waals surface area (Å²) in [6.07, 6.45) is 3.36. The largest absolute Gasteiger partial charge is 0.204 e. The van der Waals surface area contributed by atoms with Gasteiger partial charge in [-0.3, -0.25) is 6.08 Å². The maximum absolute atomic E-state index is 13.7. The molecule has 0 N–H and O–H groups in total. The summed E-state index contributed by atoms with van der Waals surface area (Å²) in [5, 5.41) is 1.76. The fraction of sp³-hybridized carbons (Fsp3) is 0.269. The van der Waals surface area contributed by atoms with Crippen LogP contribution < -0.4 is 0 Å². The third-order valence-corrected chi connectivity index (χ3v) is 5.24. The molecule has 0 spiro atoms. The molecule has 3 aromatic carbocycles. The van der Waals surface area contributed by atoms with E-state index in [9.17, 15) is 13.2 Å². The van der Waals surface area contributed by atoms with Gasteiger partial charge in [-0.2, -0.15) is 11.1 Å². The number of allylic oxidation sites excluding steroid dienone is 4. The Kier molecular flexibility index (Phi) is 9.39. The van der Waals surface area contributed by atoms with E-state index in [4.69, 9.17) is 0 Å². The molecule has 31 heavy (non-hydrogen) atoms. The molecule has 1 atom stereocenters. The minimum atomic E-state index is -1.43. The van der Waals surface area contributed by atoms with Crippen LogP contribution in [-0.2, 0) is 23.3 Å². The quantitative estimate of drug-likeness (QED) is 0.174. The molecule has 1 unspecified atom stereocenters. The first kappa shape index (κ1) is 25.7. The molecule has 3 aromatic rings. The number of fused-ring (bicyclic) bond motifs is 1. The van der Waals surface area contributed by atoms with E-state index in [1.54, 1.807) is 29.4 Å². The summed E-state index contributed by atoms with van der Waals surface area (Å²) >= 11 is 1.74. The van der Waals surface area contributed by atoms with Gasteiger partial charge in [0.15, 0.2) is 17.5 Å². The summed E-state index contributed by atoms with van der Waals surface area (Å²) in [6, 6.07) is 13.1. The standard InChI is InChI=1S/C15H8F3.C9H13.C2H6Si.Zr/c16-13-8-7-12(14(17)15(13)18)11-6-5-9-3-1-2-4-10(9)11;1-6-5-7(2)9(4)8(6)3;1-3-2;/h1-8H;6H,1-4H3;1-2H3;/q2*-1;;+2. The Morgan fingerprint density at radius 3 is 2.06 bits per heavy atom. The van der Waals surface area contributed by atoms with Crippen LogP contribution in [0.1, 0.15) is 27.7 Å². The van der Waals surface area contributed by atoms with Crippen LogP contribution in [0.3, 0.4) is 0 Å². The van der Waals surface area contributed by atoms with E-state index in [-0.39, 0.29) is 11.0 Å². The van der Waals surface area contributed by atoms with E-state index in [2.05, 4.69) is 46.9 Å². The molecule has 0 radical (unpaired) electrons. The predicted octanol–water partition coefficient (Wildman–Crippen LogP) is 8.15. The van der Waals surface area contributed by atoms with Gasteiger partial charge in [0.05, 0.1) is 0 Å². The van der Waals surface area contributed by atoms with Gasteiger partial charge in [-0.25, -0.2) is 18.7 Å². The van der Waals surface area contributed by atoms with Crippen molar-refractivity contribution in [1.82, 2.24) is 0 Å². The minimum absolute atomic E-state index is 0.0788. The van der Waals surface area contributed by atoms with Gasteiger partial charge in [0.1, 0.15) is 0 Å². The average Bonchev–Trinajstić information content (AvgIpc) is 3.23. The third-order valence-electron chi connectivity index (χ3n) is 5.24. The maximum atomic E-state index is 13.7. The molecular formula is C26H27F3SiZr. The molecule has 0 heterocycles. The molecule has 0 nitrogen and oxygen atoms in total. The first-order valence-corrected chi connectivity index (χ1v) is 16.3. The zero-order valence-electron chi connectivity index (χ0n) is 18.8. The Balaban J connectivity index is 0.000000220. The smallest absolute Gasteiger partial charge is 0.194 e. The molecule has 0 fully saturated rings. The summed E-state index contributed by atoms with van der Waals surface area (Å²) in [4.78, 5) is 0. The van der Waals surface area contributed by atoms with Crippen molar-refractivity contribution in [3.8, 4) is 11.1 Å². The molecular weight excluding hydrogens is 489 g/mol. The molecule has 4 rings (SSSR count). The molecule has 5 heteroatoms. The molecule has 0 saturated carbocycles. The van der Waals surface area contributed by atoms with Gasteiger partial charge >= 0.3 is 41.9 Å². The Morgan fingerprint density at radius 1 is 0.935 bits per heavy atom. The zero-order chi connectivity index (χ0) is 23.3. The molecule has 0 saturated heterocycles. The monoisotopic (exact) mass is 514 g/mol. The van der Waals surface area contributed by atoms with E-state index in [0.717, 1.165) is 16.8 Å². The number of hydrogen-bond donors (Lipinski definition) is 0. The first-order chi connectivity index (χ1) is 14.5. The number of halogens is 3. The Hall–Kier alpha value is -1.58. The van der Waals surface area contributed by atoms with Gasteiger partial charge in [-0.05, 0) is 11.6 Å².